The molecule has 29 heavy (non-hydrogen) atoms. The Bertz CT molecular complexity index is 828. The fourth-order valence-corrected chi connectivity index (χ4v) is 3.82. The van der Waals surface area contributed by atoms with Gasteiger partial charge >= 0.3 is 0 Å². The van der Waals surface area contributed by atoms with Crippen molar-refractivity contribution < 1.29 is 19.2 Å². The summed E-state index contributed by atoms with van der Waals surface area (Å²) in [6.07, 6.45) is 3.67. The quantitative estimate of drug-likeness (QED) is 0.666. The fourth-order valence-electron chi connectivity index (χ4n) is 3.82. The lowest BCUT2D eigenvalue weighted by Crippen LogP contribution is -2.41. The Hall–Kier alpha value is -2.67. The van der Waals surface area contributed by atoms with Crippen molar-refractivity contribution in [1.82, 2.24) is 15.4 Å². The molecule has 0 radical (unpaired) electrons. The number of nitrogens with one attached hydrogen (secondary N) is 1. The van der Waals surface area contributed by atoms with E-state index < -0.39 is 6.10 Å². The Morgan fingerprint density at radius 2 is 1.97 bits per heavy atom. The van der Waals surface area contributed by atoms with E-state index in [2.05, 4.69) is 10.5 Å². The molecule has 1 fully saturated rings. The van der Waals surface area contributed by atoms with Gasteiger partial charge in [-0.2, -0.15) is 0 Å². The van der Waals surface area contributed by atoms with Crippen LogP contribution in [-0.4, -0.2) is 53.2 Å². The lowest BCUT2D eigenvalue weighted by Gasteiger charge is -2.24. The number of likely N-dealkylation sites (N-methyl/N-ethyl adjacent to an activating group) is 1. The van der Waals surface area contributed by atoms with Crippen LogP contribution in [0.15, 0.2) is 34.9 Å². The maximum absolute atomic E-state index is 12.4. The van der Waals surface area contributed by atoms with Gasteiger partial charge in [-0.1, -0.05) is 48.3 Å². The molecule has 1 heterocycles. The summed E-state index contributed by atoms with van der Waals surface area (Å²) in [5.41, 5.74) is 1.84. The number of aliphatic hydroxyl groups excluding tert-OH is 1. The van der Waals surface area contributed by atoms with Crippen molar-refractivity contribution in [2.24, 2.45) is 5.92 Å². The van der Waals surface area contributed by atoms with Crippen LogP contribution in [0.1, 0.15) is 48.2 Å². The van der Waals surface area contributed by atoms with Crippen LogP contribution in [0, 0.1) is 12.8 Å². The van der Waals surface area contributed by atoms with E-state index in [1.54, 1.807) is 11.9 Å². The predicted molar refractivity (Wildman–Crippen MR) is 109 cm³/mol. The number of aliphatic hydroxyl groups is 1. The summed E-state index contributed by atoms with van der Waals surface area (Å²) in [7, 11) is 1.69. The highest BCUT2D eigenvalue weighted by Gasteiger charge is 2.30. The average molecular weight is 399 g/mol. The van der Waals surface area contributed by atoms with Crippen molar-refractivity contribution in [1.29, 1.82) is 0 Å². The minimum atomic E-state index is -0.911. The lowest BCUT2D eigenvalue weighted by atomic mass is 10.00. The molecule has 156 valence electrons. The normalized spacial score (nSPS) is 15.3. The number of rotatable bonds is 8. The van der Waals surface area contributed by atoms with Crippen LogP contribution in [0.4, 0.5) is 0 Å². The topological polar surface area (TPSA) is 95.7 Å². The maximum atomic E-state index is 12.4. The van der Waals surface area contributed by atoms with Crippen LogP contribution < -0.4 is 5.32 Å². The summed E-state index contributed by atoms with van der Waals surface area (Å²) in [6, 6.07) is 9.53. The summed E-state index contributed by atoms with van der Waals surface area (Å²) in [4.78, 5) is 26.3. The first kappa shape index (κ1) is 21.0. The molecule has 0 saturated heterocycles. The molecule has 1 aliphatic carbocycles. The number of aromatic nitrogens is 1. The molecule has 0 unspecified atom stereocenters. The molecule has 1 saturated carbocycles. The third kappa shape index (κ3) is 5.03. The zero-order chi connectivity index (χ0) is 20.8. The third-order valence-electron chi connectivity index (χ3n) is 5.61. The van der Waals surface area contributed by atoms with E-state index in [1.165, 1.54) is 0 Å². The smallest absolute Gasteiger partial charge is 0.273 e. The molecule has 0 bridgehead atoms. The Kier molecular flexibility index (Phi) is 7.04. The minimum Gasteiger partial charge on any atom is -0.383 e. The van der Waals surface area contributed by atoms with Gasteiger partial charge in [-0.25, -0.2) is 0 Å². The first-order valence-electron chi connectivity index (χ1n) is 10.2. The highest BCUT2D eigenvalue weighted by molar-refractivity contribution is 5.95. The molecule has 0 aliphatic heterocycles. The second kappa shape index (κ2) is 9.69. The third-order valence-corrected chi connectivity index (χ3v) is 5.61. The van der Waals surface area contributed by atoms with E-state index in [-0.39, 0.29) is 23.4 Å². The molecule has 1 atom stereocenters. The lowest BCUT2D eigenvalue weighted by molar-refractivity contribution is -0.141. The van der Waals surface area contributed by atoms with E-state index >= 15 is 0 Å². The zero-order valence-electron chi connectivity index (χ0n) is 17.1. The molecule has 2 N–H and O–H groups in total. The first-order valence-corrected chi connectivity index (χ1v) is 10.2. The van der Waals surface area contributed by atoms with E-state index in [0.717, 1.165) is 31.2 Å². The summed E-state index contributed by atoms with van der Waals surface area (Å²) in [6.45, 7) is 2.68. The van der Waals surface area contributed by atoms with Gasteiger partial charge in [-0.3, -0.25) is 9.59 Å². The van der Waals surface area contributed by atoms with Gasteiger partial charge in [0.1, 0.15) is 6.10 Å². The van der Waals surface area contributed by atoms with Gasteiger partial charge in [0.05, 0.1) is 0 Å². The number of amides is 2. The Morgan fingerprint density at radius 3 is 2.66 bits per heavy atom. The summed E-state index contributed by atoms with van der Waals surface area (Å²) >= 11 is 0. The van der Waals surface area contributed by atoms with E-state index in [9.17, 15) is 14.7 Å². The van der Waals surface area contributed by atoms with Gasteiger partial charge in [0.25, 0.3) is 11.8 Å². The summed E-state index contributed by atoms with van der Waals surface area (Å²) in [5, 5.41) is 17.0. The highest BCUT2D eigenvalue weighted by Crippen LogP contribution is 2.28. The van der Waals surface area contributed by atoms with Crippen LogP contribution >= 0.6 is 0 Å². The summed E-state index contributed by atoms with van der Waals surface area (Å²) < 4.78 is 5.36. The van der Waals surface area contributed by atoms with Gasteiger partial charge in [-0.15, -0.1) is 0 Å². The monoisotopic (exact) mass is 399 g/mol. The molecule has 7 nitrogen and oxygen atoms in total. The Morgan fingerprint density at radius 1 is 1.28 bits per heavy atom. The fraction of sp³-hybridized carbons (Fsp3) is 0.500. The van der Waals surface area contributed by atoms with Crippen LogP contribution in [0.25, 0.3) is 11.3 Å². The zero-order valence-corrected chi connectivity index (χ0v) is 17.1. The summed E-state index contributed by atoms with van der Waals surface area (Å²) in [5.74, 6) is 0.136. The SMILES string of the molecule is Cc1c(C(=O)NCCCN(C)C(=O)[C@H](O)C2CCCC2)noc1-c1ccccc1. The molecule has 2 amide bonds. The number of hydrogen-bond acceptors (Lipinski definition) is 5. The molecule has 3 rings (SSSR count). The second-order valence-corrected chi connectivity index (χ2v) is 7.71. The van der Waals surface area contributed by atoms with E-state index in [4.69, 9.17) is 4.52 Å². The maximum Gasteiger partial charge on any atom is 0.273 e. The second-order valence-electron chi connectivity index (χ2n) is 7.71. The molecule has 1 aliphatic rings. The van der Waals surface area contributed by atoms with Crippen molar-refractivity contribution >= 4 is 11.8 Å². The highest BCUT2D eigenvalue weighted by atomic mass is 16.5. The van der Waals surface area contributed by atoms with Crippen molar-refractivity contribution in [2.45, 2.75) is 45.1 Å². The number of benzene rings is 1. The number of nitrogens with zero attached hydrogens (tertiary/aromatic N) is 2. The number of carbonyl (C=O) groups excluding carboxylic acids is 2. The van der Waals surface area contributed by atoms with Gasteiger partial charge in [0.15, 0.2) is 11.5 Å². The molecule has 2 aromatic rings. The van der Waals surface area contributed by atoms with Crippen molar-refractivity contribution in [3.05, 3.63) is 41.6 Å². The van der Waals surface area contributed by atoms with Crippen LogP contribution in [0.3, 0.4) is 0 Å². The van der Waals surface area contributed by atoms with Crippen LogP contribution in [-0.2, 0) is 4.79 Å². The van der Waals surface area contributed by atoms with Crippen LogP contribution in [0.5, 0.6) is 0 Å². The molecule has 0 spiro atoms. The molecule has 1 aromatic carbocycles. The van der Waals surface area contributed by atoms with Crippen molar-refractivity contribution in [3.63, 3.8) is 0 Å². The number of hydrogen-bond donors (Lipinski definition) is 2. The van der Waals surface area contributed by atoms with E-state index in [1.807, 2.05) is 37.3 Å². The number of carbonyl (C=O) groups is 2. The molecular formula is C22H29N3O4. The standard InChI is InChI=1S/C22H29N3O4/c1-15-18(24-29-20(15)17-11-4-3-5-12-17)21(27)23-13-8-14-25(2)22(28)19(26)16-9-6-7-10-16/h3-5,11-12,16,19,26H,6-10,13-14H2,1-2H3,(H,23,27)/t19-/m1/s1. The molecule has 7 heteroatoms. The van der Waals surface area contributed by atoms with Crippen molar-refractivity contribution in [3.8, 4) is 11.3 Å². The Balaban J connectivity index is 1.45. The largest absolute Gasteiger partial charge is 0.383 e. The first-order chi connectivity index (χ1) is 14.0. The predicted octanol–water partition coefficient (Wildman–Crippen LogP) is 2.78. The average Bonchev–Trinajstić information content (AvgIpc) is 3.40. The molecule has 1 aromatic heterocycles. The van der Waals surface area contributed by atoms with Crippen LogP contribution in [0.2, 0.25) is 0 Å². The Labute approximate surface area is 171 Å². The van der Waals surface area contributed by atoms with E-state index in [0.29, 0.717) is 30.8 Å². The van der Waals surface area contributed by atoms with Gasteiger partial charge in [-0.05, 0) is 32.1 Å². The van der Waals surface area contributed by atoms with Crippen molar-refractivity contribution in [2.75, 3.05) is 20.1 Å². The minimum absolute atomic E-state index is 0.0820. The van der Waals surface area contributed by atoms with Gasteiger partial charge < -0.3 is 19.8 Å². The molecular weight excluding hydrogens is 370 g/mol. The van der Waals surface area contributed by atoms with Gasteiger partial charge in [0.2, 0.25) is 0 Å². The van der Waals surface area contributed by atoms with Gasteiger partial charge in [0, 0.05) is 31.3 Å².